The molecule has 0 saturated carbocycles. The number of aromatic nitrogens is 3. The van der Waals surface area contributed by atoms with Gasteiger partial charge in [-0.15, -0.1) is 0 Å². The molecule has 2 heterocycles. The summed E-state index contributed by atoms with van der Waals surface area (Å²) in [6.07, 6.45) is 2.26. The largest absolute Gasteiger partial charge is 0.302 e. The predicted molar refractivity (Wildman–Crippen MR) is 78.8 cm³/mol. The lowest BCUT2D eigenvalue weighted by atomic mass is 10.1. The zero-order chi connectivity index (χ0) is 14.1. The maximum Gasteiger partial charge on any atom is 0.262 e. The second-order valence-corrected chi connectivity index (χ2v) is 4.95. The second-order valence-electron chi connectivity index (χ2n) is 4.95. The summed E-state index contributed by atoms with van der Waals surface area (Å²) < 4.78 is 1.47. The Labute approximate surface area is 116 Å². The molecule has 0 N–H and O–H groups in total. The van der Waals surface area contributed by atoms with Crippen molar-refractivity contribution in [3.8, 4) is 0 Å². The van der Waals surface area contributed by atoms with Crippen molar-refractivity contribution < 1.29 is 0 Å². The second kappa shape index (κ2) is 4.89. The van der Waals surface area contributed by atoms with Crippen LogP contribution in [0.2, 0.25) is 0 Å². The maximum atomic E-state index is 12.0. The highest BCUT2D eigenvalue weighted by molar-refractivity contribution is 5.74. The monoisotopic (exact) mass is 265 g/mol. The molecule has 20 heavy (non-hydrogen) atoms. The molecule has 0 amide bonds. The maximum absolute atomic E-state index is 12.0. The quantitative estimate of drug-likeness (QED) is 0.714. The van der Waals surface area contributed by atoms with Crippen LogP contribution in [0.4, 0.5) is 0 Å². The standard InChI is InChI=1S/C16H15N3O/c1-11-8-13-15(17-10-19(2)16(13)20)18-14(11)9-12-6-4-3-5-7-12/h3-8,10H,9H2,1-2H3. The van der Waals surface area contributed by atoms with Crippen LogP contribution in [-0.4, -0.2) is 14.5 Å². The van der Waals surface area contributed by atoms with Crippen molar-refractivity contribution in [1.82, 2.24) is 14.5 Å². The third-order valence-electron chi connectivity index (χ3n) is 3.42. The van der Waals surface area contributed by atoms with Crippen LogP contribution >= 0.6 is 0 Å². The van der Waals surface area contributed by atoms with Crippen molar-refractivity contribution in [3.05, 3.63) is 69.9 Å². The highest BCUT2D eigenvalue weighted by Crippen LogP contribution is 2.15. The van der Waals surface area contributed by atoms with Gasteiger partial charge in [0.2, 0.25) is 0 Å². The Hall–Kier alpha value is -2.49. The van der Waals surface area contributed by atoms with Gasteiger partial charge in [0.05, 0.1) is 17.4 Å². The molecule has 4 nitrogen and oxygen atoms in total. The van der Waals surface area contributed by atoms with E-state index in [2.05, 4.69) is 22.1 Å². The minimum Gasteiger partial charge on any atom is -0.302 e. The summed E-state index contributed by atoms with van der Waals surface area (Å²) in [4.78, 5) is 20.8. The SMILES string of the molecule is Cc1cc2c(=O)n(C)cnc2nc1Cc1ccccc1. The molecule has 0 saturated heterocycles. The van der Waals surface area contributed by atoms with Gasteiger partial charge in [0.1, 0.15) is 0 Å². The lowest BCUT2D eigenvalue weighted by molar-refractivity contribution is 0.837. The zero-order valence-electron chi connectivity index (χ0n) is 11.5. The first-order valence-corrected chi connectivity index (χ1v) is 6.51. The van der Waals surface area contributed by atoms with Crippen LogP contribution in [0, 0.1) is 6.92 Å². The Morgan fingerprint density at radius 2 is 1.95 bits per heavy atom. The summed E-state index contributed by atoms with van der Waals surface area (Å²) in [7, 11) is 1.70. The van der Waals surface area contributed by atoms with Gasteiger partial charge in [-0.2, -0.15) is 0 Å². The van der Waals surface area contributed by atoms with Crippen molar-refractivity contribution in [3.63, 3.8) is 0 Å². The van der Waals surface area contributed by atoms with Crippen LogP contribution in [-0.2, 0) is 13.5 Å². The molecule has 0 spiro atoms. The predicted octanol–water partition coefficient (Wildman–Crippen LogP) is 2.23. The Bertz CT molecular complexity index is 822. The third kappa shape index (κ3) is 2.20. The summed E-state index contributed by atoms with van der Waals surface area (Å²) in [5, 5.41) is 0.573. The molecular weight excluding hydrogens is 250 g/mol. The van der Waals surface area contributed by atoms with E-state index in [1.54, 1.807) is 7.05 Å². The number of fused-ring (bicyclic) bond motifs is 1. The lowest BCUT2D eigenvalue weighted by Gasteiger charge is -2.07. The van der Waals surface area contributed by atoms with E-state index in [1.165, 1.54) is 16.5 Å². The molecule has 0 radical (unpaired) electrons. The van der Waals surface area contributed by atoms with Crippen molar-refractivity contribution in [2.24, 2.45) is 7.05 Å². The van der Waals surface area contributed by atoms with Crippen LogP contribution in [0.1, 0.15) is 16.8 Å². The lowest BCUT2D eigenvalue weighted by Crippen LogP contribution is -2.18. The summed E-state index contributed by atoms with van der Waals surface area (Å²) in [5.74, 6) is 0. The molecule has 0 unspecified atom stereocenters. The summed E-state index contributed by atoms with van der Waals surface area (Å²) in [6.45, 7) is 1.98. The van der Waals surface area contributed by atoms with Crippen molar-refractivity contribution in [2.75, 3.05) is 0 Å². The van der Waals surface area contributed by atoms with E-state index in [0.717, 1.165) is 17.7 Å². The van der Waals surface area contributed by atoms with Gasteiger partial charge in [0.15, 0.2) is 5.65 Å². The summed E-state index contributed by atoms with van der Waals surface area (Å²) >= 11 is 0. The fourth-order valence-electron chi connectivity index (χ4n) is 2.25. The molecule has 3 rings (SSSR count). The first-order chi connectivity index (χ1) is 9.65. The van der Waals surface area contributed by atoms with E-state index in [4.69, 9.17) is 0 Å². The minimum absolute atomic E-state index is 0.0585. The van der Waals surface area contributed by atoms with Gasteiger partial charge in [0.25, 0.3) is 5.56 Å². The van der Waals surface area contributed by atoms with E-state index < -0.39 is 0 Å². The Morgan fingerprint density at radius 1 is 1.20 bits per heavy atom. The van der Waals surface area contributed by atoms with E-state index in [9.17, 15) is 4.79 Å². The van der Waals surface area contributed by atoms with Gasteiger partial charge in [0, 0.05) is 13.5 Å². The van der Waals surface area contributed by atoms with Crippen LogP contribution in [0.3, 0.4) is 0 Å². The molecular formula is C16H15N3O. The normalized spacial score (nSPS) is 10.9. The number of benzene rings is 1. The smallest absolute Gasteiger partial charge is 0.262 e. The average Bonchev–Trinajstić information content (AvgIpc) is 2.46. The number of pyridine rings is 1. The van der Waals surface area contributed by atoms with Crippen LogP contribution in [0.15, 0.2) is 47.5 Å². The number of aryl methyl sites for hydroxylation is 2. The van der Waals surface area contributed by atoms with E-state index in [1.807, 2.05) is 31.2 Å². The number of hydrogen-bond donors (Lipinski definition) is 0. The molecule has 0 aliphatic heterocycles. The van der Waals surface area contributed by atoms with Crippen molar-refractivity contribution in [1.29, 1.82) is 0 Å². The molecule has 0 fully saturated rings. The van der Waals surface area contributed by atoms with Gasteiger partial charge < -0.3 is 4.57 Å². The molecule has 0 bridgehead atoms. The number of nitrogens with zero attached hydrogens (tertiary/aromatic N) is 3. The van der Waals surface area contributed by atoms with Gasteiger partial charge in [-0.05, 0) is 24.1 Å². The number of hydrogen-bond acceptors (Lipinski definition) is 3. The van der Waals surface area contributed by atoms with Crippen LogP contribution < -0.4 is 5.56 Å². The molecule has 1 aromatic carbocycles. The first kappa shape index (κ1) is 12.5. The summed E-state index contributed by atoms with van der Waals surface area (Å²) in [5.41, 5.74) is 3.64. The van der Waals surface area contributed by atoms with Gasteiger partial charge in [-0.25, -0.2) is 9.97 Å². The average molecular weight is 265 g/mol. The van der Waals surface area contributed by atoms with Gasteiger partial charge in [-0.3, -0.25) is 4.79 Å². The van der Waals surface area contributed by atoms with E-state index in [-0.39, 0.29) is 5.56 Å². The third-order valence-corrected chi connectivity index (χ3v) is 3.42. The fraction of sp³-hybridized carbons (Fsp3) is 0.188. The molecule has 0 atom stereocenters. The molecule has 100 valence electrons. The topological polar surface area (TPSA) is 47.8 Å². The Balaban J connectivity index is 2.11. The number of rotatable bonds is 2. The fourth-order valence-corrected chi connectivity index (χ4v) is 2.25. The molecule has 3 aromatic rings. The molecule has 4 heteroatoms. The highest BCUT2D eigenvalue weighted by Gasteiger charge is 2.08. The van der Waals surface area contributed by atoms with Crippen LogP contribution in [0.5, 0.6) is 0 Å². The minimum atomic E-state index is -0.0585. The van der Waals surface area contributed by atoms with Crippen molar-refractivity contribution in [2.45, 2.75) is 13.3 Å². The zero-order valence-corrected chi connectivity index (χ0v) is 11.5. The Kier molecular flexibility index (Phi) is 3.06. The summed E-state index contributed by atoms with van der Waals surface area (Å²) in [6, 6.07) is 12.1. The highest BCUT2D eigenvalue weighted by atomic mass is 16.1. The molecule has 0 aliphatic carbocycles. The van der Waals surface area contributed by atoms with Gasteiger partial charge in [-0.1, -0.05) is 30.3 Å². The Morgan fingerprint density at radius 3 is 2.70 bits per heavy atom. The van der Waals surface area contributed by atoms with Gasteiger partial charge >= 0.3 is 0 Å². The first-order valence-electron chi connectivity index (χ1n) is 6.51. The molecule has 0 aliphatic rings. The van der Waals surface area contributed by atoms with Crippen molar-refractivity contribution >= 4 is 11.0 Å². The van der Waals surface area contributed by atoms with Crippen LogP contribution in [0.25, 0.3) is 11.0 Å². The van der Waals surface area contributed by atoms with E-state index in [0.29, 0.717) is 11.0 Å². The van der Waals surface area contributed by atoms with E-state index >= 15 is 0 Å². The molecule has 2 aromatic heterocycles.